The monoisotopic (exact) mass is 418 g/mol. The Morgan fingerprint density at radius 1 is 1.38 bits per heavy atom. The highest BCUT2D eigenvalue weighted by Crippen LogP contribution is 2.35. The zero-order chi connectivity index (χ0) is 15.1. The molecule has 1 saturated heterocycles. The Bertz CT molecular complexity index is 431. The van der Waals surface area contributed by atoms with Gasteiger partial charge in [-0.25, -0.2) is 0 Å². The van der Waals surface area contributed by atoms with E-state index in [-0.39, 0.29) is 0 Å². The lowest BCUT2D eigenvalue weighted by molar-refractivity contribution is 0.0102. The van der Waals surface area contributed by atoms with Crippen molar-refractivity contribution in [1.82, 2.24) is 0 Å². The molecule has 0 radical (unpaired) electrons. The zero-order valence-corrected chi connectivity index (χ0v) is 15.8. The molecule has 1 aromatic carbocycles. The Kier molecular flexibility index (Phi) is 7.55. The Hall–Kier alpha value is -0.0600. The van der Waals surface area contributed by atoms with Crippen LogP contribution in [0, 0.1) is 0 Å². The molecule has 0 spiro atoms. The van der Waals surface area contributed by atoms with Crippen LogP contribution in [-0.2, 0) is 4.74 Å². The van der Waals surface area contributed by atoms with Crippen LogP contribution >= 0.6 is 31.9 Å². The predicted octanol–water partition coefficient (Wildman–Crippen LogP) is 6.02. The first kappa shape index (κ1) is 17.3. The minimum Gasteiger partial charge on any atom is -0.492 e. The number of rotatable bonds is 7. The van der Waals surface area contributed by atoms with Gasteiger partial charge in [0.05, 0.1) is 17.2 Å². The summed E-state index contributed by atoms with van der Waals surface area (Å²) >= 11 is 7.41. The van der Waals surface area contributed by atoms with Crippen LogP contribution in [0.15, 0.2) is 22.7 Å². The molecule has 2 rings (SSSR count). The molecule has 1 aliphatic heterocycles. The molecule has 1 aromatic rings. The Labute approximate surface area is 144 Å². The van der Waals surface area contributed by atoms with E-state index >= 15 is 0 Å². The number of ether oxygens (including phenoxy) is 2. The van der Waals surface area contributed by atoms with Crippen LogP contribution in [-0.4, -0.2) is 19.3 Å². The molecule has 2 unspecified atom stereocenters. The van der Waals surface area contributed by atoms with Gasteiger partial charge in [-0.1, -0.05) is 28.9 Å². The average Bonchev–Trinajstić information content (AvgIpc) is 2.52. The number of hydrogen-bond acceptors (Lipinski definition) is 2. The molecule has 2 nitrogen and oxygen atoms in total. The fraction of sp³-hybridized carbons (Fsp3) is 0.647. The van der Waals surface area contributed by atoms with Crippen molar-refractivity contribution in [3.63, 3.8) is 0 Å². The lowest BCUT2D eigenvalue weighted by atomic mass is 10.0. The van der Waals surface area contributed by atoms with Crippen molar-refractivity contribution in [1.29, 1.82) is 0 Å². The number of hydrogen-bond donors (Lipinski definition) is 0. The molecule has 0 aliphatic carbocycles. The maximum Gasteiger partial charge on any atom is 0.133 e. The summed E-state index contributed by atoms with van der Waals surface area (Å²) < 4.78 is 12.5. The zero-order valence-electron chi connectivity index (χ0n) is 12.6. The van der Waals surface area contributed by atoms with Gasteiger partial charge in [-0.15, -0.1) is 0 Å². The van der Waals surface area contributed by atoms with Crippen LogP contribution in [0.1, 0.15) is 55.8 Å². The van der Waals surface area contributed by atoms with Crippen LogP contribution in [0.5, 0.6) is 5.75 Å². The summed E-state index contributed by atoms with van der Waals surface area (Å²) in [5, 5.41) is 0. The van der Waals surface area contributed by atoms with Crippen LogP contribution in [0.4, 0.5) is 0 Å². The molecule has 118 valence electrons. The maximum absolute atomic E-state index is 5.80. The van der Waals surface area contributed by atoms with Crippen molar-refractivity contribution in [3.05, 3.63) is 28.2 Å². The van der Waals surface area contributed by atoms with Crippen molar-refractivity contribution in [2.75, 3.05) is 13.2 Å². The van der Waals surface area contributed by atoms with E-state index in [0.717, 1.165) is 42.7 Å². The van der Waals surface area contributed by atoms with Crippen LogP contribution < -0.4 is 4.74 Å². The molecule has 1 fully saturated rings. The van der Waals surface area contributed by atoms with Crippen molar-refractivity contribution >= 4 is 31.9 Å². The first-order chi connectivity index (χ1) is 10.2. The molecule has 4 heteroatoms. The molecule has 2 atom stereocenters. The molecule has 1 aliphatic rings. The summed E-state index contributed by atoms with van der Waals surface area (Å²) in [5.41, 5.74) is 1.29. The summed E-state index contributed by atoms with van der Waals surface area (Å²) in [4.78, 5) is 0.375. The molecule has 21 heavy (non-hydrogen) atoms. The summed E-state index contributed by atoms with van der Waals surface area (Å²) in [6.07, 6.45) is 7.46. The SMILES string of the molecule is CCCOc1ccc(C(Br)CCC2CCCCO2)cc1Br. The fourth-order valence-corrected chi connectivity index (χ4v) is 3.64. The predicted molar refractivity (Wildman–Crippen MR) is 94.4 cm³/mol. The summed E-state index contributed by atoms with van der Waals surface area (Å²) in [6.45, 7) is 3.81. The standard InChI is InChI=1S/C17H24Br2O2/c1-2-10-21-17-9-6-13(12-16(17)19)15(18)8-7-14-5-3-4-11-20-14/h6,9,12,14-15H,2-5,7-8,10-11H2,1H3. The second kappa shape index (κ2) is 9.16. The van der Waals surface area contributed by atoms with Gasteiger partial charge < -0.3 is 9.47 Å². The first-order valence-electron chi connectivity index (χ1n) is 7.88. The molecule has 0 aromatic heterocycles. The highest BCUT2D eigenvalue weighted by atomic mass is 79.9. The summed E-state index contributed by atoms with van der Waals surface area (Å²) in [5.74, 6) is 0.927. The van der Waals surface area contributed by atoms with Crippen LogP contribution in [0.3, 0.4) is 0 Å². The van der Waals surface area contributed by atoms with Gasteiger partial charge in [0, 0.05) is 11.4 Å². The van der Waals surface area contributed by atoms with Crippen LogP contribution in [0.25, 0.3) is 0 Å². The van der Waals surface area contributed by atoms with Gasteiger partial charge in [-0.3, -0.25) is 0 Å². The lowest BCUT2D eigenvalue weighted by Gasteiger charge is -2.23. The van der Waals surface area contributed by atoms with Gasteiger partial charge in [-0.05, 0) is 72.2 Å². The molecule has 0 saturated carbocycles. The van der Waals surface area contributed by atoms with Gasteiger partial charge in [0.25, 0.3) is 0 Å². The summed E-state index contributed by atoms with van der Waals surface area (Å²) in [7, 11) is 0. The van der Waals surface area contributed by atoms with Crippen molar-refractivity contribution < 1.29 is 9.47 Å². The molecule has 0 N–H and O–H groups in total. The highest BCUT2D eigenvalue weighted by Gasteiger charge is 2.17. The third-order valence-electron chi connectivity index (χ3n) is 3.80. The van der Waals surface area contributed by atoms with Gasteiger partial charge in [0.15, 0.2) is 0 Å². The van der Waals surface area contributed by atoms with E-state index in [0.29, 0.717) is 10.9 Å². The van der Waals surface area contributed by atoms with Gasteiger partial charge in [-0.2, -0.15) is 0 Å². The average molecular weight is 420 g/mol. The van der Waals surface area contributed by atoms with Crippen molar-refractivity contribution in [2.24, 2.45) is 0 Å². The summed E-state index contributed by atoms with van der Waals surface area (Å²) in [6, 6.07) is 6.36. The lowest BCUT2D eigenvalue weighted by Crippen LogP contribution is -2.19. The van der Waals surface area contributed by atoms with Crippen molar-refractivity contribution in [2.45, 2.75) is 56.4 Å². The highest BCUT2D eigenvalue weighted by molar-refractivity contribution is 9.10. The van der Waals surface area contributed by atoms with E-state index in [1.54, 1.807) is 0 Å². The van der Waals surface area contributed by atoms with Crippen LogP contribution in [0.2, 0.25) is 0 Å². The van der Waals surface area contributed by atoms with E-state index in [1.165, 1.54) is 24.8 Å². The molecule has 0 bridgehead atoms. The van der Waals surface area contributed by atoms with Gasteiger partial charge in [0.2, 0.25) is 0 Å². The topological polar surface area (TPSA) is 18.5 Å². The third kappa shape index (κ3) is 5.57. The second-order valence-electron chi connectivity index (χ2n) is 5.57. The molecular weight excluding hydrogens is 396 g/mol. The molecule has 0 amide bonds. The maximum atomic E-state index is 5.80. The Balaban J connectivity index is 1.86. The first-order valence-corrected chi connectivity index (χ1v) is 9.59. The minimum absolute atomic E-state index is 0.375. The Morgan fingerprint density at radius 3 is 2.90 bits per heavy atom. The Morgan fingerprint density at radius 2 is 2.24 bits per heavy atom. The third-order valence-corrected chi connectivity index (χ3v) is 5.40. The van der Waals surface area contributed by atoms with E-state index in [9.17, 15) is 0 Å². The number of halogens is 2. The van der Waals surface area contributed by atoms with E-state index in [2.05, 4.69) is 57.0 Å². The quantitative estimate of drug-likeness (QED) is 0.502. The largest absolute Gasteiger partial charge is 0.492 e. The van der Waals surface area contributed by atoms with Gasteiger partial charge in [0.1, 0.15) is 5.75 Å². The smallest absolute Gasteiger partial charge is 0.133 e. The second-order valence-corrected chi connectivity index (χ2v) is 7.53. The van der Waals surface area contributed by atoms with E-state index < -0.39 is 0 Å². The minimum atomic E-state index is 0.375. The van der Waals surface area contributed by atoms with Crippen molar-refractivity contribution in [3.8, 4) is 5.75 Å². The normalized spacial score (nSPS) is 20.2. The number of benzene rings is 1. The molecular formula is C17H24Br2O2. The van der Waals surface area contributed by atoms with Gasteiger partial charge >= 0.3 is 0 Å². The fourth-order valence-electron chi connectivity index (χ4n) is 2.57. The van der Waals surface area contributed by atoms with E-state index in [4.69, 9.17) is 9.47 Å². The van der Waals surface area contributed by atoms with E-state index in [1.807, 2.05) is 0 Å². The molecule has 1 heterocycles. The number of alkyl halides is 1.